The SMILES string of the molecule is COCCN(Cc1nc(C(=O)NC(C)C(C)C)cs1)C(=O)Nc1cccc(Cl)c1. The minimum absolute atomic E-state index is 0.0503. The average Bonchev–Trinajstić information content (AvgIpc) is 3.13. The second-order valence-corrected chi connectivity index (χ2v) is 8.37. The summed E-state index contributed by atoms with van der Waals surface area (Å²) in [5.74, 6) is 0.122. The number of halogens is 1. The summed E-state index contributed by atoms with van der Waals surface area (Å²) in [5.41, 5.74) is 0.964. The van der Waals surface area contributed by atoms with Gasteiger partial charge in [0.05, 0.1) is 13.2 Å². The number of aromatic nitrogens is 1. The lowest BCUT2D eigenvalue weighted by Crippen LogP contribution is -2.37. The smallest absolute Gasteiger partial charge is 0.322 e. The van der Waals surface area contributed by atoms with Crippen molar-refractivity contribution in [1.82, 2.24) is 15.2 Å². The maximum Gasteiger partial charge on any atom is 0.322 e. The van der Waals surface area contributed by atoms with Gasteiger partial charge in [-0.3, -0.25) is 4.79 Å². The summed E-state index contributed by atoms with van der Waals surface area (Å²) in [4.78, 5) is 31.0. The Morgan fingerprint density at radius 3 is 2.72 bits per heavy atom. The molecule has 2 rings (SSSR count). The number of amides is 3. The molecule has 0 aliphatic heterocycles. The van der Waals surface area contributed by atoms with Crippen LogP contribution in [0, 0.1) is 5.92 Å². The molecule has 3 amide bonds. The molecule has 7 nitrogen and oxygen atoms in total. The second kappa shape index (κ2) is 11.1. The van der Waals surface area contributed by atoms with Crippen molar-refractivity contribution in [3.63, 3.8) is 0 Å². The average molecular weight is 439 g/mol. The van der Waals surface area contributed by atoms with Crippen LogP contribution in [0.25, 0.3) is 0 Å². The number of nitrogens with zero attached hydrogens (tertiary/aromatic N) is 2. The highest BCUT2D eigenvalue weighted by Gasteiger charge is 2.19. The van der Waals surface area contributed by atoms with E-state index in [-0.39, 0.29) is 24.5 Å². The number of carbonyl (C=O) groups is 2. The first-order valence-corrected chi connectivity index (χ1v) is 10.6. The molecule has 0 fully saturated rings. The van der Waals surface area contributed by atoms with Gasteiger partial charge in [-0.05, 0) is 31.0 Å². The van der Waals surface area contributed by atoms with Crippen molar-refractivity contribution in [2.75, 3.05) is 25.6 Å². The van der Waals surface area contributed by atoms with Crippen LogP contribution < -0.4 is 10.6 Å². The fourth-order valence-corrected chi connectivity index (χ4v) is 3.30. The Labute approximate surface area is 180 Å². The van der Waals surface area contributed by atoms with Crippen LogP contribution in [0.1, 0.15) is 36.3 Å². The number of rotatable bonds is 9. The number of hydrogen-bond donors (Lipinski definition) is 2. The van der Waals surface area contributed by atoms with Crippen molar-refractivity contribution in [2.45, 2.75) is 33.4 Å². The van der Waals surface area contributed by atoms with Crippen molar-refractivity contribution in [1.29, 1.82) is 0 Å². The first-order valence-electron chi connectivity index (χ1n) is 9.35. The number of urea groups is 1. The molecule has 0 spiro atoms. The third-order valence-corrected chi connectivity index (χ3v) is 5.47. The van der Waals surface area contributed by atoms with Crippen LogP contribution in [0.4, 0.5) is 10.5 Å². The van der Waals surface area contributed by atoms with Crippen LogP contribution in [0.15, 0.2) is 29.6 Å². The summed E-state index contributed by atoms with van der Waals surface area (Å²) >= 11 is 7.32. The molecule has 9 heteroatoms. The number of ether oxygens (including phenoxy) is 1. The molecule has 1 atom stereocenters. The van der Waals surface area contributed by atoms with E-state index < -0.39 is 0 Å². The normalized spacial score (nSPS) is 11.9. The molecule has 0 radical (unpaired) electrons. The minimum atomic E-state index is -0.293. The van der Waals surface area contributed by atoms with Crippen molar-refractivity contribution in [3.05, 3.63) is 45.4 Å². The molecular weight excluding hydrogens is 412 g/mol. The molecule has 0 saturated heterocycles. The van der Waals surface area contributed by atoms with Crippen LogP contribution in [0.5, 0.6) is 0 Å². The standard InChI is InChI=1S/C20H27ClN4O3S/c1-13(2)14(3)22-19(26)17-12-29-18(24-17)11-25(8-9-28-4)20(27)23-16-7-5-6-15(21)10-16/h5-7,10,12-14H,8-9,11H2,1-4H3,(H,22,26)(H,23,27). The van der Waals surface area contributed by atoms with Crippen LogP contribution in [-0.4, -0.2) is 48.1 Å². The number of benzene rings is 1. The highest BCUT2D eigenvalue weighted by atomic mass is 35.5. The molecule has 1 unspecified atom stereocenters. The van der Waals surface area contributed by atoms with Gasteiger partial charge in [-0.2, -0.15) is 0 Å². The Morgan fingerprint density at radius 1 is 1.31 bits per heavy atom. The third kappa shape index (κ3) is 7.30. The van der Waals surface area contributed by atoms with E-state index in [2.05, 4.69) is 15.6 Å². The van der Waals surface area contributed by atoms with E-state index in [9.17, 15) is 9.59 Å². The number of carbonyl (C=O) groups excluding carboxylic acids is 2. The Morgan fingerprint density at radius 2 is 2.07 bits per heavy atom. The molecule has 29 heavy (non-hydrogen) atoms. The largest absolute Gasteiger partial charge is 0.383 e. The highest BCUT2D eigenvalue weighted by Crippen LogP contribution is 2.17. The van der Waals surface area contributed by atoms with Gasteiger partial charge in [-0.15, -0.1) is 11.3 Å². The lowest BCUT2D eigenvalue weighted by atomic mass is 10.1. The molecule has 1 heterocycles. The van der Waals surface area contributed by atoms with Crippen molar-refractivity contribution < 1.29 is 14.3 Å². The second-order valence-electron chi connectivity index (χ2n) is 6.99. The topological polar surface area (TPSA) is 83.6 Å². The van der Waals surface area contributed by atoms with Gasteiger partial charge in [0.1, 0.15) is 10.7 Å². The van der Waals surface area contributed by atoms with Crippen molar-refractivity contribution in [2.24, 2.45) is 5.92 Å². The molecule has 0 bridgehead atoms. The molecule has 0 saturated carbocycles. The Hall–Kier alpha value is -2.16. The molecule has 2 N–H and O–H groups in total. The van der Waals surface area contributed by atoms with Crippen LogP contribution >= 0.6 is 22.9 Å². The molecule has 0 aliphatic rings. The zero-order valence-electron chi connectivity index (χ0n) is 17.1. The summed E-state index contributed by atoms with van der Waals surface area (Å²) in [6.07, 6.45) is 0. The molecule has 158 valence electrons. The summed E-state index contributed by atoms with van der Waals surface area (Å²) in [6.45, 7) is 7.09. The molecular formula is C20H27ClN4O3S. The van der Waals surface area contributed by atoms with Gasteiger partial charge in [-0.1, -0.05) is 31.5 Å². The number of nitrogens with one attached hydrogen (secondary N) is 2. The first kappa shape index (κ1) is 23.1. The minimum Gasteiger partial charge on any atom is -0.383 e. The van der Waals surface area contributed by atoms with Gasteiger partial charge in [-0.25, -0.2) is 9.78 Å². The van der Waals surface area contributed by atoms with E-state index in [0.717, 1.165) is 0 Å². The van der Waals surface area contributed by atoms with Gasteiger partial charge in [0.2, 0.25) is 0 Å². The van der Waals surface area contributed by atoms with Crippen molar-refractivity contribution >= 4 is 40.6 Å². The van der Waals surface area contributed by atoms with Gasteiger partial charge in [0.15, 0.2) is 0 Å². The maximum absolute atomic E-state index is 12.7. The molecule has 1 aromatic carbocycles. The number of anilines is 1. The lowest BCUT2D eigenvalue weighted by molar-refractivity contribution is 0.0926. The Bertz CT molecular complexity index is 828. The highest BCUT2D eigenvalue weighted by molar-refractivity contribution is 7.09. The zero-order valence-corrected chi connectivity index (χ0v) is 18.6. The van der Waals surface area contributed by atoms with E-state index in [1.54, 1.807) is 41.7 Å². The molecule has 1 aromatic heterocycles. The zero-order chi connectivity index (χ0) is 21.4. The van der Waals surface area contributed by atoms with E-state index in [1.807, 2.05) is 20.8 Å². The number of thiazole rings is 1. The van der Waals surface area contributed by atoms with Gasteiger partial charge >= 0.3 is 6.03 Å². The van der Waals surface area contributed by atoms with E-state index >= 15 is 0 Å². The monoisotopic (exact) mass is 438 g/mol. The molecule has 0 aliphatic carbocycles. The summed E-state index contributed by atoms with van der Waals surface area (Å²) in [6, 6.07) is 6.70. The summed E-state index contributed by atoms with van der Waals surface area (Å²) < 4.78 is 5.12. The Balaban J connectivity index is 2.05. The fourth-order valence-electron chi connectivity index (χ4n) is 2.32. The van der Waals surface area contributed by atoms with Gasteiger partial charge in [0.25, 0.3) is 5.91 Å². The summed E-state index contributed by atoms with van der Waals surface area (Å²) in [7, 11) is 1.58. The quantitative estimate of drug-likeness (QED) is 0.613. The summed E-state index contributed by atoms with van der Waals surface area (Å²) in [5, 5.41) is 8.68. The van der Waals surface area contributed by atoms with Crippen LogP contribution in [0.2, 0.25) is 5.02 Å². The first-order chi connectivity index (χ1) is 13.8. The van der Waals surface area contributed by atoms with E-state index in [0.29, 0.717) is 40.5 Å². The van der Waals surface area contributed by atoms with E-state index in [1.165, 1.54) is 11.3 Å². The lowest BCUT2D eigenvalue weighted by Gasteiger charge is -2.22. The predicted molar refractivity (Wildman–Crippen MR) is 117 cm³/mol. The number of hydrogen-bond acceptors (Lipinski definition) is 5. The van der Waals surface area contributed by atoms with Gasteiger partial charge < -0.3 is 20.3 Å². The van der Waals surface area contributed by atoms with Crippen LogP contribution in [0.3, 0.4) is 0 Å². The van der Waals surface area contributed by atoms with E-state index in [4.69, 9.17) is 16.3 Å². The fraction of sp³-hybridized carbons (Fsp3) is 0.450. The molecule has 2 aromatic rings. The predicted octanol–water partition coefficient (Wildman–Crippen LogP) is 4.25. The third-order valence-electron chi connectivity index (χ3n) is 4.40. The maximum atomic E-state index is 12.7. The van der Waals surface area contributed by atoms with Crippen LogP contribution in [-0.2, 0) is 11.3 Å². The van der Waals surface area contributed by atoms with Gasteiger partial charge in [0, 0.05) is 35.8 Å². The number of methoxy groups -OCH3 is 1. The van der Waals surface area contributed by atoms with Crippen molar-refractivity contribution in [3.8, 4) is 0 Å². The Kier molecular flexibility index (Phi) is 8.88.